The molecule has 0 spiro atoms. The Kier molecular flexibility index (Phi) is 5.05. The molecule has 0 bridgehead atoms. The number of hydrogen-bond donors (Lipinski definition) is 1. The van der Waals surface area contributed by atoms with Crippen molar-refractivity contribution < 1.29 is 14.2 Å². The number of aliphatic hydroxyl groups is 1. The molecule has 0 aromatic rings. The minimum Gasteiger partial charge on any atom is -0.396 e. The second-order valence-electron chi connectivity index (χ2n) is 2.24. The fraction of sp³-hybridized carbons (Fsp3) is 1.00. The zero-order valence-electron chi connectivity index (χ0n) is 6.54. The van der Waals surface area contributed by atoms with Crippen LogP contribution in [-0.2, 0) is 9.09 Å². The van der Waals surface area contributed by atoms with Crippen molar-refractivity contribution in [3.63, 3.8) is 0 Å². The highest BCUT2D eigenvalue weighted by Crippen LogP contribution is 2.39. The lowest BCUT2D eigenvalue weighted by atomic mass is 10.2. The van der Waals surface area contributed by atoms with Crippen LogP contribution >= 0.6 is 7.25 Å². The van der Waals surface area contributed by atoms with E-state index in [1.54, 1.807) is 6.66 Å². The predicted molar refractivity (Wildman–Crippen MR) is 44.2 cm³/mol. The van der Waals surface area contributed by atoms with Crippen molar-refractivity contribution in [3.8, 4) is 0 Å². The fourth-order valence-electron chi connectivity index (χ4n) is 0.413. The van der Waals surface area contributed by atoms with Gasteiger partial charge in [0.05, 0.1) is 6.61 Å². The lowest BCUT2D eigenvalue weighted by Crippen LogP contribution is -1.97. The molecule has 0 saturated carbocycles. The Hall–Kier alpha value is 0.215. The van der Waals surface area contributed by atoms with Crippen molar-refractivity contribution in [3.05, 3.63) is 0 Å². The third-order valence-corrected chi connectivity index (χ3v) is 3.12. The molecule has 0 rings (SSSR count). The summed E-state index contributed by atoms with van der Waals surface area (Å²) < 4.78 is 16.2. The molecular weight excluding hydrogens is 150 g/mol. The van der Waals surface area contributed by atoms with Gasteiger partial charge in [-0.15, -0.1) is 0 Å². The zero-order chi connectivity index (χ0) is 8.04. The Morgan fingerprint density at radius 3 is 2.70 bits per heavy atom. The van der Waals surface area contributed by atoms with Crippen LogP contribution in [0.1, 0.15) is 6.42 Å². The monoisotopic (exact) mass is 164 g/mol. The minimum absolute atomic E-state index is 0.101. The molecule has 0 saturated heterocycles. The topological polar surface area (TPSA) is 46.5 Å². The molecule has 0 amide bonds. The van der Waals surface area contributed by atoms with Gasteiger partial charge >= 0.3 is 0 Å². The first-order chi connectivity index (χ1) is 4.62. The molecule has 1 N–H and O–H groups in total. The Labute approximate surface area is 62.4 Å². The summed E-state index contributed by atoms with van der Waals surface area (Å²) in [6.45, 7) is 4.52. The van der Waals surface area contributed by atoms with E-state index in [9.17, 15) is 4.57 Å². The van der Waals surface area contributed by atoms with E-state index in [4.69, 9.17) is 9.63 Å². The molecule has 0 aromatic carbocycles. The van der Waals surface area contributed by atoms with Crippen LogP contribution < -0.4 is 0 Å². The summed E-state index contributed by atoms with van der Waals surface area (Å²) in [5.74, 6) is 0. The van der Waals surface area contributed by atoms with Crippen molar-refractivity contribution in [2.24, 2.45) is 0 Å². The van der Waals surface area contributed by atoms with Gasteiger partial charge in [-0.25, -0.2) is 0 Å². The lowest BCUT2D eigenvalue weighted by Gasteiger charge is -2.09. The van der Waals surface area contributed by atoms with Crippen LogP contribution in [0, 0.1) is 0 Å². The smallest absolute Gasteiger partial charge is 0.230 e. The maximum absolute atomic E-state index is 11.2. The van der Waals surface area contributed by atoms with E-state index in [0.29, 0.717) is 20.0 Å². The molecule has 3 nitrogen and oxygen atoms in total. The largest absolute Gasteiger partial charge is 0.396 e. The van der Waals surface area contributed by atoms with E-state index in [0.717, 1.165) is 0 Å². The van der Waals surface area contributed by atoms with Gasteiger partial charge < -0.3 is 14.2 Å². The standard InChI is InChI=1S/C5H14BO3P/c1-6-10(2,8)9-5-3-4-7/h6-7H,3-5H2,1-2H3. The minimum atomic E-state index is -2.31. The van der Waals surface area contributed by atoms with Crippen molar-refractivity contribution in [1.29, 1.82) is 0 Å². The summed E-state index contributed by atoms with van der Waals surface area (Å²) in [5, 5.41) is 8.37. The molecule has 0 aliphatic rings. The number of aliphatic hydroxyl groups excluding tert-OH is 1. The van der Waals surface area contributed by atoms with Crippen molar-refractivity contribution in [2.75, 3.05) is 19.9 Å². The second-order valence-corrected chi connectivity index (χ2v) is 5.16. The Balaban J connectivity index is 3.38. The first-order valence-electron chi connectivity index (χ1n) is 3.44. The maximum Gasteiger partial charge on any atom is 0.230 e. The Morgan fingerprint density at radius 2 is 2.30 bits per heavy atom. The van der Waals surface area contributed by atoms with Gasteiger partial charge in [-0.1, -0.05) is 6.82 Å². The van der Waals surface area contributed by atoms with Gasteiger partial charge in [-0.05, 0) is 6.42 Å². The van der Waals surface area contributed by atoms with E-state index in [-0.39, 0.29) is 6.61 Å². The van der Waals surface area contributed by atoms with Gasteiger partial charge in [-0.3, -0.25) is 0 Å². The van der Waals surface area contributed by atoms with Gasteiger partial charge in [0.1, 0.15) is 0 Å². The maximum atomic E-state index is 11.2. The molecule has 1 atom stereocenters. The summed E-state index contributed by atoms with van der Waals surface area (Å²) in [6.07, 6.45) is 0.567. The van der Waals surface area contributed by atoms with Crippen LogP contribution in [0.15, 0.2) is 0 Å². The number of hydrogen-bond acceptors (Lipinski definition) is 3. The van der Waals surface area contributed by atoms with Crippen molar-refractivity contribution in [2.45, 2.75) is 13.2 Å². The lowest BCUT2D eigenvalue weighted by molar-refractivity contribution is 0.238. The molecule has 5 heteroatoms. The molecule has 0 fully saturated rings. The van der Waals surface area contributed by atoms with E-state index in [2.05, 4.69) is 0 Å². The van der Waals surface area contributed by atoms with Crippen LogP contribution in [0.2, 0.25) is 6.82 Å². The third kappa shape index (κ3) is 5.04. The molecule has 0 heterocycles. The highest BCUT2D eigenvalue weighted by Gasteiger charge is 2.12. The average Bonchev–Trinajstić information content (AvgIpc) is 1.89. The predicted octanol–water partition coefficient (Wildman–Crippen LogP) is 0.693. The van der Waals surface area contributed by atoms with Crippen LogP contribution in [0.25, 0.3) is 0 Å². The highest BCUT2D eigenvalue weighted by atomic mass is 31.2. The number of rotatable bonds is 5. The third-order valence-electron chi connectivity index (χ3n) is 1.24. The fourth-order valence-corrected chi connectivity index (χ4v) is 1.11. The van der Waals surface area contributed by atoms with Gasteiger partial charge in [0, 0.05) is 13.3 Å². The van der Waals surface area contributed by atoms with E-state index >= 15 is 0 Å². The van der Waals surface area contributed by atoms with Crippen LogP contribution in [-0.4, -0.2) is 32.0 Å². The summed E-state index contributed by atoms with van der Waals surface area (Å²) in [7, 11) is -2.31. The normalized spacial score (nSPS) is 16.3. The summed E-state index contributed by atoms with van der Waals surface area (Å²) in [5.41, 5.74) is 0. The van der Waals surface area contributed by atoms with Crippen molar-refractivity contribution in [1.82, 2.24) is 0 Å². The molecular formula is C5H14BO3P. The molecule has 0 aliphatic heterocycles. The first-order valence-corrected chi connectivity index (χ1v) is 5.70. The van der Waals surface area contributed by atoms with Crippen LogP contribution in [0.3, 0.4) is 0 Å². The molecule has 0 aromatic heterocycles. The Bertz CT molecular complexity index is 128. The highest BCUT2D eigenvalue weighted by molar-refractivity contribution is 7.86. The van der Waals surface area contributed by atoms with E-state index < -0.39 is 7.25 Å². The van der Waals surface area contributed by atoms with Crippen LogP contribution in [0.4, 0.5) is 0 Å². The van der Waals surface area contributed by atoms with Gasteiger partial charge in [0.25, 0.3) is 0 Å². The molecule has 1 unspecified atom stereocenters. The second kappa shape index (κ2) is 4.94. The molecule has 0 aliphatic carbocycles. The Morgan fingerprint density at radius 1 is 1.70 bits per heavy atom. The molecule has 60 valence electrons. The SMILES string of the molecule is CBP(C)(=O)OCCCO. The van der Waals surface area contributed by atoms with E-state index in [1.165, 1.54) is 0 Å². The summed E-state index contributed by atoms with van der Waals surface area (Å²) in [6, 6.07) is 0. The van der Waals surface area contributed by atoms with Crippen LogP contribution in [0.5, 0.6) is 0 Å². The quantitative estimate of drug-likeness (QED) is 0.369. The molecule has 10 heavy (non-hydrogen) atoms. The summed E-state index contributed by atoms with van der Waals surface area (Å²) in [4.78, 5) is 0. The van der Waals surface area contributed by atoms with Gasteiger partial charge in [0.15, 0.2) is 7.25 Å². The average molecular weight is 164 g/mol. The zero-order valence-corrected chi connectivity index (χ0v) is 7.43. The van der Waals surface area contributed by atoms with Gasteiger partial charge in [-0.2, -0.15) is 0 Å². The summed E-state index contributed by atoms with van der Waals surface area (Å²) >= 11 is 0. The first kappa shape index (κ1) is 10.2. The van der Waals surface area contributed by atoms with Crippen molar-refractivity contribution >= 4 is 14.2 Å². The van der Waals surface area contributed by atoms with Gasteiger partial charge in [0.2, 0.25) is 7.00 Å². The van der Waals surface area contributed by atoms with E-state index in [1.807, 2.05) is 6.82 Å². The molecule has 0 radical (unpaired) electrons.